The predicted molar refractivity (Wildman–Crippen MR) is 75.5 cm³/mol. The zero-order chi connectivity index (χ0) is 14.7. The molecule has 0 radical (unpaired) electrons. The topological polar surface area (TPSA) is 49.4 Å². The van der Waals surface area contributed by atoms with E-state index in [0.717, 1.165) is 6.42 Å². The zero-order valence-electron chi connectivity index (χ0n) is 11.7. The lowest BCUT2D eigenvalue weighted by molar-refractivity contribution is -0.121. The fourth-order valence-electron chi connectivity index (χ4n) is 2.40. The number of hydrogen-bond donors (Lipinski definition) is 1. The molecule has 1 aromatic rings. The van der Waals surface area contributed by atoms with Gasteiger partial charge in [0.05, 0.1) is 17.8 Å². The van der Waals surface area contributed by atoms with E-state index in [-0.39, 0.29) is 24.3 Å². The third-order valence-electron chi connectivity index (χ3n) is 3.78. The lowest BCUT2D eigenvalue weighted by atomic mass is 9.98. The summed E-state index contributed by atoms with van der Waals surface area (Å²) in [5.74, 6) is -0.515. The summed E-state index contributed by atoms with van der Waals surface area (Å²) >= 11 is 0. The van der Waals surface area contributed by atoms with E-state index in [2.05, 4.69) is 5.32 Å². The summed E-state index contributed by atoms with van der Waals surface area (Å²) in [4.78, 5) is 26.2. The predicted octanol–water partition coefficient (Wildman–Crippen LogP) is 2.15. The number of fused-ring (bicyclic) bond motifs is 1. The van der Waals surface area contributed by atoms with Gasteiger partial charge in [0, 0.05) is 0 Å². The second kappa shape index (κ2) is 6.03. The highest BCUT2D eigenvalue weighted by molar-refractivity contribution is 6.11. The monoisotopic (exact) mass is 278 g/mol. The number of nitrogens with zero attached hydrogens (tertiary/aromatic N) is 1. The van der Waals surface area contributed by atoms with Gasteiger partial charge in [-0.3, -0.25) is 9.59 Å². The highest BCUT2D eigenvalue weighted by atomic mass is 19.1. The molecule has 0 fully saturated rings. The maximum absolute atomic E-state index is 12.8. The van der Waals surface area contributed by atoms with Crippen LogP contribution in [-0.2, 0) is 4.79 Å². The Hall–Kier alpha value is -1.91. The molecule has 1 heterocycles. The Morgan fingerprint density at radius 2 is 2.05 bits per heavy atom. The van der Waals surface area contributed by atoms with Crippen LogP contribution in [0.15, 0.2) is 24.3 Å². The number of amides is 2. The number of benzene rings is 1. The third-order valence-corrected chi connectivity index (χ3v) is 3.78. The highest BCUT2D eigenvalue weighted by Gasteiger charge is 2.35. The molecule has 2 atom stereocenters. The minimum absolute atomic E-state index is 0.00266. The number of nitrogens with one attached hydrogen (secondary N) is 1. The Balaban J connectivity index is 2.47. The SMILES string of the molecule is CCC(C)C1NC(=O)c2ccccc2N(CCF)C1=O. The molecule has 4 nitrogen and oxygen atoms in total. The van der Waals surface area contributed by atoms with Crippen molar-refractivity contribution < 1.29 is 14.0 Å². The van der Waals surface area contributed by atoms with Crippen molar-refractivity contribution in [3.63, 3.8) is 0 Å². The Morgan fingerprint density at radius 1 is 1.35 bits per heavy atom. The fraction of sp³-hybridized carbons (Fsp3) is 0.467. The Kier molecular flexibility index (Phi) is 4.37. The second-order valence-corrected chi connectivity index (χ2v) is 5.03. The van der Waals surface area contributed by atoms with Crippen molar-refractivity contribution >= 4 is 17.5 Å². The van der Waals surface area contributed by atoms with Gasteiger partial charge in [0.2, 0.25) is 5.91 Å². The lowest BCUT2D eigenvalue weighted by Gasteiger charge is -2.27. The molecule has 108 valence electrons. The summed E-state index contributed by atoms with van der Waals surface area (Å²) in [6.07, 6.45) is 0.760. The Bertz CT molecular complexity index is 518. The molecule has 0 aromatic heterocycles. The molecule has 0 spiro atoms. The number of carbonyl (C=O) groups excluding carboxylic acids is 2. The van der Waals surface area contributed by atoms with Crippen molar-refractivity contribution in [2.75, 3.05) is 18.1 Å². The number of alkyl halides is 1. The van der Waals surface area contributed by atoms with Gasteiger partial charge in [0.1, 0.15) is 12.7 Å². The van der Waals surface area contributed by atoms with Gasteiger partial charge in [-0.25, -0.2) is 4.39 Å². The maximum atomic E-state index is 12.8. The van der Waals surface area contributed by atoms with Gasteiger partial charge in [-0.15, -0.1) is 0 Å². The summed E-state index contributed by atoms with van der Waals surface area (Å²) in [5, 5.41) is 2.77. The summed E-state index contributed by atoms with van der Waals surface area (Å²) in [7, 11) is 0. The van der Waals surface area contributed by atoms with Gasteiger partial charge in [0.15, 0.2) is 0 Å². The molecule has 1 aromatic carbocycles. The first-order chi connectivity index (χ1) is 9.60. The first kappa shape index (κ1) is 14.5. The molecular weight excluding hydrogens is 259 g/mol. The van der Waals surface area contributed by atoms with Crippen LogP contribution in [-0.4, -0.2) is 31.1 Å². The van der Waals surface area contributed by atoms with Crippen LogP contribution in [0.4, 0.5) is 10.1 Å². The Morgan fingerprint density at radius 3 is 2.70 bits per heavy atom. The van der Waals surface area contributed by atoms with Crippen molar-refractivity contribution in [2.24, 2.45) is 5.92 Å². The van der Waals surface area contributed by atoms with Crippen molar-refractivity contribution in [3.05, 3.63) is 29.8 Å². The molecule has 1 aliphatic rings. The number of hydrogen-bond acceptors (Lipinski definition) is 2. The smallest absolute Gasteiger partial charge is 0.254 e. The minimum Gasteiger partial charge on any atom is -0.340 e. The van der Waals surface area contributed by atoms with Crippen LogP contribution >= 0.6 is 0 Å². The van der Waals surface area contributed by atoms with Crippen LogP contribution in [0.25, 0.3) is 0 Å². The van der Waals surface area contributed by atoms with Gasteiger partial charge in [0.25, 0.3) is 5.91 Å². The van der Waals surface area contributed by atoms with Gasteiger partial charge in [-0.1, -0.05) is 32.4 Å². The largest absolute Gasteiger partial charge is 0.340 e. The van der Waals surface area contributed by atoms with Gasteiger partial charge < -0.3 is 10.2 Å². The van der Waals surface area contributed by atoms with Crippen molar-refractivity contribution in [1.82, 2.24) is 5.32 Å². The molecule has 0 bridgehead atoms. The quantitative estimate of drug-likeness (QED) is 0.917. The van der Waals surface area contributed by atoms with E-state index in [9.17, 15) is 14.0 Å². The molecule has 0 saturated carbocycles. The molecular formula is C15H19FN2O2. The van der Waals surface area contributed by atoms with Gasteiger partial charge in [-0.05, 0) is 18.1 Å². The maximum Gasteiger partial charge on any atom is 0.254 e. The van der Waals surface area contributed by atoms with Crippen LogP contribution in [0, 0.1) is 5.92 Å². The zero-order valence-corrected chi connectivity index (χ0v) is 11.7. The van der Waals surface area contributed by atoms with Crippen LogP contribution in [0.1, 0.15) is 30.6 Å². The molecule has 0 aliphatic carbocycles. The first-order valence-electron chi connectivity index (χ1n) is 6.87. The third kappa shape index (κ3) is 2.53. The van der Waals surface area contributed by atoms with E-state index in [4.69, 9.17) is 0 Å². The number of halogens is 1. The van der Waals surface area contributed by atoms with Crippen LogP contribution in [0.2, 0.25) is 0 Å². The molecule has 2 unspecified atom stereocenters. The number of carbonyl (C=O) groups is 2. The summed E-state index contributed by atoms with van der Waals surface area (Å²) in [6, 6.07) is 6.21. The van der Waals surface area contributed by atoms with E-state index in [1.54, 1.807) is 24.3 Å². The standard InChI is InChI=1S/C15H19FN2O2/c1-3-10(2)13-15(20)18(9-8-16)12-7-5-4-6-11(12)14(19)17-13/h4-7,10,13H,3,8-9H2,1-2H3,(H,17,19). The highest BCUT2D eigenvalue weighted by Crippen LogP contribution is 2.26. The van der Waals surface area contributed by atoms with E-state index in [0.29, 0.717) is 11.3 Å². The molecule has 1 N–H and O–H groups in total. The average Bonchev–Trinajstić information content (AvgIpc) is 2.57. The Labute approximate surface area is 118 Å². The van der Waals surface area contributed by atoms with Crippen molar-refractivity contribution in [1.29, 1.82) is 0 Å². The van der Waals surface area contributed by atoms with Crippen molar-refractivity contribution in [2.45, 2.75) is 26.3 Å². The summed E-state index contributed by atoms with van der Waals surface area (Å²) in [6.45, 7) is 3.20. The normalized spacial score (nSPS) is 20.1. The molecule has 2 amide bonds. The van der Waals surface area contributed by atoms with Gasteiger partial charge in [-0.2, -0.15) is 0 Å². The number of para-hydroxylation sites is 1. The summed E-state index contributed by atoms with van der Waals surface area (Å²) in [5.41, 5.74) is 0.901. The number of anilines is 1. The van der Waals surface area contributed by atoms with E-state index in [1.807, 2.05) is 13.8 Å². The molecule has 2 rings (SSSR count). The fourth-order valence-corrected chi connectivity index (χ4v) is 2.40. The van der Waals surface area contributed by atoms with Crippen LogP contribution in [0.3, 0.4) is 0 Å². The first-order valence-corrected chi connectivity index (χ1v) is 6.87. The molecule has 20 heavy (non-hydrogen) atoms. The van der Waals surface area contributed by atoms with Gasteiger partial charge >= 0.3 is 0 Å². The summed E-state index contributed by atoms with van der Waals surface area (Å²) < 4.78 is 12.8. The second-order valence-electron chi connectivity index (χ2n) is 5.03. The average molecular weight is 278 g/mol. The molecule has 5 heteroatoms. The molecule has 1 aliphatic heterocycles. The number of rotatable bonds is 4. The molecule has 0 saturated heterocycles. The van der Waals surface area contributed by atoms with E-state index >= 15 is 0 Å². The minimum atomic E-state index is -0.637. The van der Waals surface area contributed by atoms with E-state index in [1.165, 1.54) is 4.90 Å². The van der Waals surface area contributed by atoms with Crippen LogP contribution < -0.4 is 10.2 Å². The van der Waals surface area contributed by atoms with E-state index < -0.39 is 12.7 Å². The van der Waals surface area contributed by atoms with Crippen molar-refractivity contribution in [3.8, 4) is 0 Å². The lowest BCUT2D eigenvalue weighted by Crippen LogP contribution is -2.49. The van der Waals surface area contributed by atoms with Crippen LogP contribution in [0.5, 0.6) is 0 Å².